The van der Waals surface area contributed by atoms with E-state index in [4.69, 9.17) is 4.74 Å². The van der Waals surface area contributed by atoms with Crippen molar-refractivity contribution in [2.24, 2.45) is 0 Å². The molecule has 5 heteroatoms. The second kappa shape index (κ2) is 8.97. The van der Waals surface area contributed by atoms with Crippen LogP contribution in [0.4, 0.5) is 0 Å². The number of benzene rings is 1. The van der Waals surface area contributed by atoms with Gasteiger partial charge in [-0.1, -0.05) is 22.9 Å². The maximum Gasteiger partial charge on any atom is 0.234 e. The molecule has 4 nitrogen and oxygen atoms in total. The quantitative estimate of drug-likeness (QED) is 0.789. The van der Waals surface area contributed by atoms with Crippen LogP contribution < -0.4 is 10.1 Å². The first-order valence-corrected chi connectivity index (χ1v) is 7.70. The SMILES string of the molecule is CCN(CCOc1ccc(Br)cc1)CC(=O)NC(C)C. The van der Waals surface area contributed by atoms with Crippen LogP contribution in [0.25, 0.3) is 0 Å². The predicted molar refractivity (Wildman–Crippen MR) is 85.0 cm³/mol. The molecule has 0 unspecified atom stereocenters. The average Bonchev–Trinajstić information content (AvgIpc) is 2.39. The highest BCUT2D eigenvalue weighted by molar-refractivity contribution is 9.10. The lowest BCUT2D eigenvalue weighted by Crippen LogP contribution is -2.41. The van der Waals surface area contributed by atoms with Crippen LogP contribution in [0, 0.1) is 0 Å². The van der Waals surface area contributed by atoms with Gasteiger partial charge in [0.05, 0.1) is 6.54 Å². The molecular formula is C15H23BrN2O2. The molecule has 1 aromatic carbocycles. The smallest absolute Gasteiger partial charge is 0.234 e. The Hall–Kier alpha value is -1.07. The van der Waals surface area contributed by atoms with Crippen LogP contribution in [0.5, 0.6) is 5.75 Å². The van der Waals surface area contributed by atoms with Gasteiger partial charge in [-0.15, -0.1) is 0 Å². The van der Waals surface area contributed by atoms with Crippen molar-refractivity contribution in [3.8, 4) is 5.75 Å². The number of halogens is 1. The van der Waals surface area contributed by atoms with Crippen molar-refractivity contribution in [2.45, 2.75) is 26.8 Å². The molecule has 0 aliphatic heterocycles. The van der Waals surface area contributed by atoms with Gasteiger partial charge in [0.2, 0.25) is 5.91 Å². The van der Waals surface area contributed by atoms with Crippen LogP contribution in [0.15, 0.2) is 28.7 Å². The molecule has 0 aliphatic rings. The standard InChI is InChI=1S/C15H23BrN2O2/c1-4-18(11-15(19)17-12(2)3)9-10-20-14-7-5-13(16)6-8-14/h5-8,12H,4,9-11H2,1-3H3,(H,17,19). The normalized spacial score (nSPS) is 10.9. The molecule has 0 saturated heterocycles. The summed E-state index contributed by atoms with van der Waals surface area (Å²) in [5.41, 5.74) is 0. The molecule has 0 spiro atoms. The number of ether oxygens (including phenoxy) is 1. The van der Waals surface area contributed by atoms with E-state index in [9.17, 15) is 4.79 Å². The Balaban J connectivity index is 2.30. The van der Waals surface area contributed by atoms with Gasteiger partial charge in [0, 0.05) is 17.1 Å². The van der Waals surface area contributed by atoms with E-state index in [1.165, 1.54) is 0 Å². The number of hydrogen-bond donors (Lipinski definition) is 1. The van der Waals surface area contributed by atoms with Gasteiger partial charge in [0.25, 0.3) is 0 Å². The first-order chi connectivity index (χ1) is 9.51. The van der Waals surface area contributed by atoms with E-state index in [0.29, 0.717) is 13.2 Å². The summed E-state index contributed by atoms with van der Waals surface area (Å²) in [6, 6.07) is 7.92. The Bertz CT molecular complexity index is 407. The number of carbonyl (C=O) groups excluding carboxylic acids is 1. The van der Waals surface area contributed by atoms with Crippen molar-refractivity contribution in [3.63, 3.8) is 0 Å². The van der Waals surface area contributed by atoms with Gasteiger partial charge in [0.15, 0.2) is 0 Å². The lowest BCUT2D eigenvalue weighted by atomic mass is 10.3. The first kappa shape index (κ1) is 17.0. The number of amides is 1. The molecule has 0 heterocycles. The molecule has 0 aliphatic carbocycles. The van der Waals surface area contributed by atoms with Crippen molar-refractivity contribution in [3.05, 3.63) is 28.7 Å². The molecule has 0 aromatic heterocycles. The fraction of sp³-hybridized carbons (Fsp3) is 0.533. The maximum absolute atomic E-state index is 11.7. The van der Waals surface area contributed by atoms with Crippen molar-refractivity contribution >= 4 is 21.8 Å². The van der Waals surface area contributed by atoms with Crippen molar-refractivity contribution in [2.75, 3.05) is 26.2 Å². The van der Waals surface area contributed by atoms with E-state index in [-0.39, 0.29) is 11.9 Å². The van der Waals surface area contributed by atoms with E-state index in [0.717, 1.165) is 23.3 Å². The van der Waals surface area contributed by atoms with Gasteiger partial charge in [-0.3, -0.25) is 9.69 Å². The number of nitrogens with one attached hydrogen (secondary N) is 1. The molecular weight excluding hydrogens is 320 g/mol. The van der Waals surface area contributed by atoms with Crippen LogP contribution in [0.3, 0.4) is 0 Å². The Morgan fingerprint density at radius 3 is 2.55 bits per heavy atom. The van der Waals surface area contributed by atoms with Crippen LogP contribution >= 0.6 is 15.9 Å². The first-order valence-electron chi connectivity index (χ1n) is 6.91. The highest BCUT2D eigenvalue weighted by Crippen LogP contribution is 2.15. The number of rotatable bonds is 8. The zero-order chi connectivity index (χ0) is 15.0. The minimum Gasteiger partial charge on any atom is -0.492 e. The second-order valence-corrected chi connectivity index (χ2v) is 5.81. The summed E-state index contributed by atoms with van der Waals surface area (Å²) in [7, 11) is 0. The van der Waals surface area contributed by atoms with E-state index < -0.39 is 0 Å². The third-order valence-electron chi connectivity index (χ3n) is 2.75. The molecule has 0 radical (unpaired) electrons. The van der Waals surface area contributed by atoms with E-state index >= 15 is 0 Å². The summed E-state index contributed by atoms with van der Waals surface area (Å²) >= 11 is 3.39. The molecule has 0 saturated carbocycles. The van der Waals surface area contributed by atoms with Gasteiger partial charge < -0.3 is 10.1 Å². The Kier molecular flexibility index (Phi) is 7.62. The Morgan fingerprint density at radius 1 is 1.35 bits per heavy atom. The van der Waals surface area contributed by atoms with Crippen molar-refractivity contribution < 1.29 is 9.53 Å². The van der Waals surface area contributed by atoms with Crippen molar-refractivity contribution in [1.29, 1.82) is 0 Å². The third kappa shape index (κ3) is 6.91. The van der Waals surface area contributed by atoms with Gasteiger partial charge in [0.1, 0.15) is 12.4 Å². The van der Waals surface area contributed by atoms with Crippen LogP contribution in [-0.2, 0) is 4.79 Å². The summed E-state index contributed by atoms with van der Waals surface area (Å²) < 4.78 is 6.69. The fourth-order valence-electron chi connectivity index (χ4n) is 1.74. The third-order valence-corrected chi connectivity index (χ3v) is 3.28. The van der Waals surface area contributed by atoms with E-state index in [1.54, 1.807) is 0 Å². The van der Waals surface area contributed by atoms with E-state index in [1.807, 2.05) is 45.0 Å². The summed E-state index contributed by atoms with van der Waals surface area (Å²) in [6.07, 6.45) is 0. The summed E-state index contributed by atoms with van der Waals surface area (Å²) in [6.45, 7) is 8.52. The monoisotopic (exact) mass is 342 g/mol. The Morgan fingerprint density at radius 2 is 2.00 bits per heavy atom. The molecule has 20 heavy (non-hydrogen) atoms. The zero-order valence-corrected chi connectivity index (χ0v) is 13.9. The maximum atomic E-state index is 11.7. The number of carbonyl (C=O) groups is 1. The van der Waals surface area contributed by atoms with Gasteiger partial charge in [-0.05, 0) is 44.7 Å². The minimum atomic E-state index is 0.0606. The molecule has 1 rings (SSSR count). The fourth-order valence-corrected chi connectivity index (χ4v) is 2.01. The van der Waals surface area contributed by atoms with Gasteiger partial charge in [-0.25, -0.2) is 0 Å². The van der Waals surface area contributed by atoms with Gasteiger partial charge >= 0.3 is 0 Å². The molecule has 112 valence electrons. The largest absolute Gasteiger partial charge is 0.492 e. The predicted octanol–water partition coefficient (Wildman–Crippen LogP) is 2.67. The number of hydrogen-bond acceptors (Lipinski definition) is 3. The second-order valence-electron chi connectivity index (χ2n) is 4.89. The number of likely N-dealkylation sites (N-methyl/N-ethyl adjacent to an activating group) is 1. The topological polar surface area (TPSA) is 41.6 Å². The lowest BCUT2D eigenvalue weighted by Gasteiger charge is -2.20. The highest BCUT2D eigenvalue weighted by Gasteiger charge is 2.09. The summed E-state index contributed by atoms with van der Waals surface area (Å²) in [5.74, 6) is 0.904. The molecule has 1 aromatic rings. The van der Waals surface area contributed by atoms with Crippen molar-refractivity contribution in [1.82, 2.24) is 10.2 Å². The van der Waals surface area contributed by atoms with E-state index in [2.05, 4.69) is 26.1 Å². The summed E-state index contributed by atoms with van der Waals surface area (Å²) in [5, 5.41) is 2.90. The zero-order valence-electron chi connectivity index (χ0n) is 12.4. The van der Waals surface area contributed by atoms with Crippen LogP contribution in [-0.4, -0.2) is 43.1 Å². The van der Waals surface area contributed by atoms with Gasteiger partial charge in [-0.2, -0.15) is 0 Å². The molecule has 1 N–H and O–H groups in total. The lowest BCUT2D eigenvalue weighted by molar-refractivity contribution is -0.122. The molecule has 0 bridgehead atoms. The molecule has 0 fully saturated rings. The van der Waals surface area contributed by atoms with Crippen LogP contribution in [0.1, 0.15) is 20.8 Å². The summed E-state index contributed by atoms with van der Waals surface area (Å²) in [4.78, 5) is 13.8. The number of nitrogens with zero attached hydrogens (tertiary/aromatic N) is 1. The molecule has 0 atom stereocenters. The highest BCUT2D eigenvalue weighted by atomic mass is 79.9. The Labute approximate surface area is 129 Å². The average molecular weight is 343 g/mol. The molecule has 1 amide bonds. The minimum absolute atomic E-state index is 0.0606. The van der Waals surface area contributed by atoms with Crippen LogP contribution in [0.2, 0.25) is 0 Å².